The van der Waals surface area contributed by atoms with Gasteiger partial charge in [-0.2, -0.15) is 0 Å². The van der Waals surface area contributed by atoms with E-state index in [9.17, 15) is 4.79 Å². The lowest BCUT2D eigenvalue weighted by atomic mass is 9.94. The van der Waals surface area contributed by atoms with Gasteiger partial charge >= 0.3 is 0 Å². The van der Waals surface area contributed by atoms with Gasteiger partial charge in [-0.3, -0.25) is 4.79 Å². The van der Waals surface area contributed by atoms with E-state index >= 15 is 0 Å². The van der Waals surface area contributed by atoms with Crippen LogP contribution in [0.2, 0.25) is 0 Å². The SMILES string of the molecule is O=C(CCC1CCC[N]C1)Nc1cccc2ccccc12. The first-order valence-electron chi connectivity index (χ1n) is 7.74. The molecule has 0 spiro atoms. The zero-order valence-electron chi connectivity index (χ0n) is 12.2. The van der Waals surface area contributed by atoms with Gasteiger partial charge in [0.05, 0.1) is 0 Å². The van der Waals surface area contributed by atoms with Crippen LogP contribution >= 0.6 is 0 Å². The summed E-state index contributed by atoms with van der Waals surface area (Å²) in [7, 11) is 0. The van der Waals surface area contributed by atoms with Crippen LogP contribution in [0, 0.1) is 5.92 Å². The fourth-order valence-corrected chi connectivity index (χ4v) is 2.97. The van der Waals surface area contributed by atoms with Crippen LogP contribution < -0.4 is 10.6 Å². The van der Waals surface area contributed by atoms with Gasteiger partial charge < -0.3 is 5.32 Å². The summed E-state index contributed by atoms with van der Waals surface area (Å²) in [5, 5.41) is 9.74. The maximum absolute atomic E-state index is 12.2. The zero-order valence-corrected chi connectivity index (χ0v) is 12.2. The molecular weight excluding hydrogens is 260 g/mol. The van der Waals surface area contributed by atoms with Gasteiger partial charge in [0.2, 0.25) is 5.91 Å². The Morgan fingerprint density at radius 1 is 1.19 bits per heavy atom. The predicted molar refractivity (Wildman–Crippen MR) is 86.4 cm³/mol. The number of carbonyl (C=O) groups is 1. The van der Waals surface area contributed by atoms with Crippen LogP contribution in [0.1, 0.15) is 25.7 Å². The third-order valence-corrected chi connectivity index (χ3v) is 4.16. The molecule has 2 aromatic rings. The van der Waals surface area contributed by atoms with E-state index in [1.54, 1.807) is 0 Å². The molecule has 1 aliphatic heterocycles. The standard InChI is InChI=1S/C18H21N2O/c21-18(11-10-14-5-4-12-19-13-14)20-17-9-3-7-15-6-1-2-8-16(15)17/h1-3,6-9,14H,4-5,10-13H2,(H,20,21). The monoisotopic (exact) mass is 281 g/mol. The number of hydrogen-bond donors (Lipinski definition) is 1. The van der Waals surface area contributed by atoms with Gasteiger partial charge in [-0.1, -0.05) is 36.4 Å². The lowest BCUT2D eigenvalue weighted by molar-refractivity contribution is -0.116. The van der Waals surface area contributed by atoms with Gasteiger partial charge in [0.25, 0.3) is 0 Å². The second kappa shape index (κ2) is 6.72. The van der Waals surface area contributed by atoms with E-state index in [2.05, 4.69) is 22.8 Å². The molecular formula is C18H21N2O. The number of carbonyl (C=O) groups excluding carboxylic acids is 1. The summed E-state index contributed by atoms with van der Waals surface area (Å²) in [4.78, 5) is 12.2. The molecule has 1 N–H and O–H groups in total. The van der Waals surface area contributed by atoms with E-state index < -0.39 is 0 Å². The first-order chi connectivity index (χ1) is 10.3. The summed E-state index contributed by atoms with van der Waals surface area (Å²) in [5.41, 5.74) is 0.909. The highest BCUT2D eigenvalue weighted by atomic mass is 16.1. The predicted octanol–water partition coefficient (Wildman–Crippen LogP) is 3.57. The normalized spacial score (nSPS) is 18.6. The van der Waals surface area contributed by atoms with E-state index in [-0.39, 0.29) is 5.91 Å². The van der Waals surface area contributed by atoms with Crippen molar-refractivity contribution in [3.63, 3.8) is 0 Å². The highest BCUT2D eigenvalue weighted by Gasteiger charge is 2.15. The maximum atomic E-state index is 12.2. The average Bonchev–Trinajstić information content (AvgIpc) is 2.54. The van der Waals surface area contributed by atoms with Gasteiger partial charge in [0.1, 0.15) is 0 Å². The van der Waals surface area contributed by atoms with Crippen molar-refractivity contribution in [3.05, 3.63) is 42.5 Å². The summed E-state index contributed by atoms with van der Waals surface area (Å²) >= 11 is 0. The molecule has 0 bridgehead atoms. The maximum Gasteiger partial charge on any atom is 0.224 e. The number of hydrogen-bond acceptors (Lipinski definition) is 1. The second-order valence-corrected chi connectivity index (χ2v) is 5.75. The molecule has 1 fully saturated rings. The molecule has 1 aliphatic rings. The highest BCUT2D eigenvalue weighted by Crippen LogP contribution is 2.23. The van der Waals surface area contributed by atoms with Gasteiger partial charge in [0, 0.05) is 30.6 Å². The van der Waals surface area contributed by atoms with E-state index in [0.717, 1.165) is 36.0 Å². The fraction of sp³-hybridized carbons (Fsp3) is 0.389. The van der Waals surface area contributed by atoms with Crippen LogP contribution in [0.15, 0.2) is 42.5 Å². The van der Waals surface area contributed by atoms with Gasteiger partial charge in [-0.05, 0) is 36.6 Å². The van der Waals surface area contributed by atoms with Crippen molar-refractivity contribution in [2.45, 2.75) is 25.7 Å². The van der Waals surface area contributed by atoms with Crippen LogP contribution in [0.3, 0.4) is 0 Å². The van der Waals surface area contributed by atoms with Gasteiger partial charge in [-0.15, -0.1) is 0 Å². The fourth-order valence-electron chi connectivity index (χ4n) is 2.97. The minimum Gasteiger partial charge on any atom is -0.326 e. The number of fused-ring (bicyclic) bond motifs is 1. The van der Waals surface area contributed by atoms with Crippen LogP contribution in [0.25, 0.3) is 10.8 Å². The lowest BCUT2D eigenvalue weighted by Crippen LogP contribution is -2.25. The van der Waals surface area contributed by atoms with Crippen molar-refractivity contribution >= 4 is 22.4 Å². The van der Waals surface area contributed by atoms with E-state index in [1.807, 2.05) is 30.3 Å². The third kappa shape index (κ3) is 3.61. The van der Waals surface area contributed by atoms with E-state index in [4.69, 9.17) is 0 Å². The Bertz CT molecular complexity index is 612. The van der Waals surface area contributed by atoms with Crippen LogP contribution in [-0.2, 0) is 4.79 Å². The van der Waals surface area contributed by atoms with Crippen molar-refractivity contribution in [1.82, 2.24) is 5.32 Å². The first-order valence-corrected chi connectivity index (χ1v) is 7.74. The van der Waals surface area contributed by atoms with E-state index in [0.29, 0.717) is 12.3 Å². The molecule has 21 heavy (non-hydrogen) atoms. The molecule has 1 radical (unpaired) electrons. The summed E-state index contributed by atoms with van der Waals surface area (Å²) in [6.07, 6.45) is 3.92. The van der Waals surface area contributed by atoms with Crippen molar-refractivity contribution in [3.8, 4) is 0 Å². The van der Waals surface area contributed by atoms with Crippen molar-refractivity contribution < 1.29 is 4.79 Å². The lowest BCUT2D eigenvalue weighted by Gasteiger charge is -2.21. The average molecular weight is 281 g/mol. The topological polar surface area (TPSA) is 43.2 Å². The Balaban J connectivity index is 1.61. The number of nitrogens with one attached hydrogen (secondary N) is 1. The van der Waals surface area contributed by atoms with Gasteiger partial charge in [0.15, 0.2) is 0 Å². The number of anilines is 1. The molecule has 1 heterocycles. The third-order valence-electron chi connectivity index (χ3n) is 4.16. The van der Waals surface area contributed by atoms with Crippen molar-refractivity contribution in [2.75, 3.05) is 18.4 Å². The minimum absolute atomic E-state index is 0.108. The molecule has 0 aromatic heterocycles. The molecule has 1 unspecified atom stereocenters. The van der Waals surface area contributed by atoms with Crippen molar-refractivity contribution in [2.24, 2.45) is 5.92 Å². The Labute approximate surface area is 125 Å². The van der Waals surface area contributed by atoms with Crippen LogP contribution in [0.4, 0.5) is 5.69 Å². The van der Waals surface area contributed by atoms with Gasteiger partial charge in [-0.25, -0.2) is 5.32 Å². The molecule has 3 nitrogen and oxygen atoms in total. The van der Waals surface area contributed by atoms with E-state index in [1.165, 1.54) is 12.8 Å². The summed E-state index contributed by atoms with van der Waals surface area (Å²) < 4.78 is 0. The number of benzene rings is 2. The summed E-state index contributed by atoms with van der Waals surface area (Å²) in [5.74, 6) is 0.703. The molecule has 1 saturated heterocycles. The largest absolute Gasteiger partial charge is 0.326 e. The number of rotatable bonds is 4. The Hall–Kier alpha value is -1.87. The minimum atomic E-state index is 0.108. The molecule has 3 rings (SSSR count). The second-order valence-electron chi connectivity index (χ2n) is 5.75. The number of piperidine rings is 1. The quantitative estimate of drug-likeness (QED) is 0.914. The number of amides is 1. The Kier molecular flexibility index (Phi) is 4.51. The molecule has 109 valence electrons. The molecule has 0 aliphatic carbocycles. The Morgan fingerprint density at radius 3 is 2.90 bits per heavy atom. The highest BCUT2D eigenvalue weighted by molar-refractivity contribution is 6.02. The van der Waals surface area contributed by atoms with Crippen molar-refractivity contribution in [1.29, 1.82) is 0 Å². The zero-order chi connectivity index (χ0) is 14.5. The summed E-state index contributed by atoms with van der Waals surface area (Å²) in [6.45, 7) is 1.93. The smallest absolute Gasteiger partial charge is 0.224 e. The molecule has 3 heteroatoms. The Morgan fingerprint density at radius 2 is 2.05 bits per heavy atom. The molecule has 1 atom stereocenters. The van der Waals surface area contributed by atoms with Crippen LogP contribution in [0.5, 0.6) is 0 Å². The molecule has 1 amide bonds. The summed E-state index contributed by atoms with van der Waals surface area (Å²) in [6, 6.07) is 14.1. The molecule has 0 saturated carbocycles. The van der Waals surface area contributed by atoms with Crippen LogP contribution in [-0.4, -0.2) is 19.0 Å². The molecule has 2 aromatic carbocycles. The number of nitrogens with zero attached hydrogens (tertiary/aromatic N) is 1. The first kappa shape index (κ1) is 14.1.